The molecule has 1 rings (SSSR count). The summed E-state index contributed by atoms with van der Waals surface area (Å²) in [6.07, 6.45) is 0.471. The smallest absolute Gasteiger partial charge is 0.134 e. The molecule has 0 spiro atoms. The van der Waals surface area contributed by atoms with Gasteiger partial charge in [-0.1, -0.05) is 0 Å². The summed E-state index contributed by atoms with van der Waals surface area (Å²) in [5.41, 5.74) is 0. The van der Waals surface area contributed by atoms with E-state index in [9.17, 15) is 0 Å². The van der Waals surface area contributed by atoms with E-state index in [1.54, 1.807) is 0 Å². The van der Waals surface area contributed by atoms with Crippen LogP contribution in [0.5, 0.6) is 0 Å². The van der Waals surface area contributed by atoms with Crippen LogP contribution in [0.3, 0.4) is 0 Å². The van der Waals surface area contributed by atoms with E-state index >= 15 is 0 Å². The van der Waals surface area contributed by atoms with Gasteiger partial charge in [0.15, 0.2) is 0 Å². The normalized spacial score (nSPS) is 10.1. The van der Waals surface area contributed by atoms with Crippen molar-refractivity contribution < 1.29 is 0 Å². The highest BCUT2D eigenvalue weighted by Gasteiger charge is 2.08. The molecular weight excluding hydrogens is 214 g/mol. The van der Waals surface area contributed by atoms with Crippen LogP contribution in [0.4, 0.5) is 11.6 Å². The highest BCUT2D eigenvalue weighted by molar-refractivity contribution is 5.49. The Hall–Kier alpha value is -1.83. The van der Waals surface area contributed by atoms with Gasteiger partial charge in [0.2, 0.25) is 0 Å². The molecule has 0 saturated carbocycles. The number of nitriles is 1. The molecule has 5 heteroatoms. The number of rotatable bonds is 5. The molecule has 0 bridgehead atoms. The van der Waals surface area contributed by atoms with E-state index in [0.29, 0.717) is 19.0 Å². The van der Waals surface area contributed by atoms with Gasteiger partial charge in [0.25, 0.3) is 0 Å². The van der Waals surface area contributed by atoms with Crippen LogP contribution in [0.2, 0.25) is 0 Å². The van der Waals surface area contributed by atoms with E-state index in [0.717, 1.165) is 17.5 Å². The minimum atomic E-state index is 0.385. The van der Waals surface area contributed by atoms with Gasteiger partial charge in [-0.2, -0.15) is 5.26 Å². The quantitative estimate of drug-likeness (QED) is 0.787. The zero-order valence-electron chi connectivity index (χ0n) is 10.9. The van der Waals surface area contributed by atoms with Gasteiger partial charge in [-0.15, -0.1) is 0 Å². The molecule has 0 aliphatic heterocycles. The van der Waals surface area contributed by atoms with Gasteiger partial charge in [-0.05, 0) is 20.8 Å². The van der Waals surface area contributed by atoms with E-state index < -0.39 is 0 Å². The Kier molecular flexibility index (Phi) is 4.70. The second kappa shape index (κ2) is 6.04. The van der Waals surface area contributed by atoms with Crippen LogP contribution in [0.25, 0.3) is 0 Å². The average molecular weight is 233 g/mol. The summed E-state index contributed by atoms with van der Waals surface area (Å²) in [5, 5.41) is 11.6. The fraction of sp³-hybridized carbons (Fsp3) is 0.583. The highest BCUT2D eigenvalue weighted by Crippen LogP contribution is 2.16. The number of aryl methyl sites for hydroxylation is 1. The number of anilines is 2. The third-order valence-corrected chi connectivity index (χ3v) is 2.50. The molecule has 17 heavy (non-hydrogen) atoms. The summed E-state index contributed by atoms with van der Waals surface area (Å²) in [6.45, 7) is 6.70. The molecule has 0 atom stereocenters. The van der Waals surface area contributed by atoms with Gasteiger partial charge in [0.1, 0.15) is 17.5 Å². The lowest BCUT2D eigenvalue weighted by Gasteiger charge is -2.23. The average Bonchev–Trinajstić information content (AvgIpc) is 2.27. The molecular formula is C12H19N5. The molecule has 0 saturated heterocycles. The van der Waals surface area contributed by atoms with Crippen molar-refractivity contribution in [1.82, 2.24) is 9.97 Å². The molecule has 1 aromatic rings. The van der Waals surface area contributed by atoms with Crippen LogP contribution in [-0.2, 0) is 0 Å². The molecule has 0 radical (unpaired) electrons. The summed E-state index contributed by atoms with van der Waals surface area (Å²) in [7, 11) is 2.01. The number of hydrogen-bond donors (Lipinski definition) is 1. The predicted octanol–water partition coefficient (Wildman–Crippen LogP) is 1.96. The first-order chi connectivity index (χ1) is 8.04. The second-order valence-corrected chi connectivity index (χ2v) is 4.20. The van der Waals surface area contributed by atoms with Crippen molar-refractivity contribution in [2.24, 2.45) is 0 Å². The van der Waals surface area contributed by atoms with Crippen molar-refractivity contribution in [2.75, 3.05) is 23.8 Å². The molecule has 92 valence electrons. The number of nitrogens with zero attached hydrogens (tertiary/aromatic N) is 4. The van der Waals surface area contributed by atoms with Crippen LogP contribution in [-0.4, -0.2) is 29.6 Å². The molecule has 1 heterocycles. The van der Waals surface area contributed by atoms with E-state index in [1.165, 1.54) is 0 Å². The standard InChI is InChI=1S/C12H19N5/c1-9(2)17(4)12-8-11(14-7-5-6-13)15-10(3)16-12/h8-9H,5,7H2,1-4H3,(H,14,15,16). The molecule has 0 unspecified atom stereocenters. The molecule has 5 nitrogen and oxygen atoms in total. The lowest BCUT2D eigenvalue weighted by molar-refractivity contribution is 0.739. The Labute approximate surface area is 102 Å². The summed E-state index contributed by atoms with van der Waals surface area (Å²) >= 11 is 0. The topological polar surface area (TPSA) is 64.8 Å². The van der Waals surface area contributed by atoms with Crippen LogP contribution in [0.15, 0.2) is 6.07 Å². The first-order valence-electron chi connectivity index (χ1n) is 5.74. The maximum atomic E-state index is 8.48. The minimum Gasteiger partial charge on any atom is -0.369 e. The van der Waals surface area contributed by atoms with E-state index in [4.69, 9.17) is 5.26 Å². The van der Waals surface area contributed by atoms with Crippen LogP contribution < -0.4 is 10.2 Å². The van der Waals surface area contributed by atoms with E-state index in [-0.39, 0.29) is 0 Å². The molecule has 0 fully saturated rings. The monoisotopic (exact) mass is 233 g/mol. The van der Waals surface area contributed by atoms with Crippen molar-refractivity contribution in [1.29, 1.82) is 5.26 Å². The Bertz CT molecular complexity index is 408. The number of aromatic nitrogens is 2. The van der Waals surface area contributed by atoms with Gasteiger partial charge in [-0.25, -0.2) is 9.97 Å². The zero-order chi connectivity index (χ0) is 12.8. The molecule has 0 aliphatic carbocycles. The van der Waals surface area contributed by atoms with Crippen LogP contribution in [0, 0.1) is 18.3 Å². The zero-order valence-corrected chi connectivity index (χ0v) is 10.9. The Morgan fingerprint density at radius 2 is 2.18 bits per heavy atom. The van der Waals surface area contributed by atoms with Crippen LogP contribution in [0.1, 0.15) is 26.1 Å². The van der Waals surface area contributed by atoms with Crippen molar-refractivity contribution in [3.05, 3.63) is 11.9 Å². The second-order valence-electron chi connectivity index (χ2n) is 4.20. The molecule has 1 aromatic heterocycles. The summed E-state index contributed by atoms with van der Waals surface area (Å²) < 4.78 is 0. The minimum absolute atomic E-state index is 0.385. The fourth-order valence-corrected chi connectivity index (χ4v) is 1.33. The fourth-order valence-electron chi connectivity index (χ4n) is 1.33. The van der Waals surface area contributed by atoms with Crippen LogP contribution >= 0.6 is 0 Å². The van der Waals surface area contributed by atoms with E-state index in [1.807, 2.05) is 20.0 Å². The van der Waals surface area contributed by atoms with Gasteiger partial charge in [0, 0.05) is 25.7 Å². The lowest BCUT2D eigenvalue weighted by Crippen LogP contribution is -2.27. The highest BCUT2D eigenvalue weighted by atomic mass is 15.2. The molecule has 0 amide bonds. The number of hydrogen-bond acceptors (Lipinski definition) is 5. The summed E-state index contributed by atoms with van der Waals surface area (Å²) in [6, 6.07) is 4.38. The Balaban J connectivity index is 2.83. The van der Waals surface area contributed by atoms with E-state index in [2.05, 4.69) is 40.1 Å². The van der Waals surface area contributed by atoms with Gasteiger partial charge < -0.3 is 10.2 Å². The van der Waals surface area contributed by atoms with Crippen molar-refractivity contribution >= 4 is 11.6 Å². The predicted molar refractivity (Wildman–Crippen MR) is 69.0 cm³/mol. The maximum absolute atomic E-state index is 8.48. The Morgan fingerprint density at radius 3 is 2.76 bits per heavy atom. The van der Waals surface area contributed by atoms with Gasteiger partial charge in [0.05, 0.1) is 12.5 Å². The third kappa shape index (κ3) is 3.91. The third-order valence-electron chi connectivity index (χ3n) is 2.50. The summed E-state index contributed by atoms with van der Waals surface area (Å²) in [5.74, 6) is 2.40. The molecule has 1 N–H and O–H groups in total. The molecule has 0 aromatic carbocycles. The SMILES string of the molecule is Cc1nc(NCCC#N)cc(N(C)C(C)C)n1. The lowest BCUT2D eigenvalue weighted by atomic mass is 10.3. The molecule has 0 aliphatic rings. The van der Waals surface area contributed by atoms with Crippen molar-refractivity contribution in [3.63, 3.8) is 0 Å². The maximum Gasteiger partial charge on any atom is 0.134 e. The Morgan fingerprint density at radius 1 is 1.47 bits per heavy atom. The van der Waals surface area contributed by atoms with Crippen molar-refractivity contribution in [3.8, 4) is 6.07 Å². The van der Waals surface area contributed by atoms with Crippen molar-refractivity contribution in [2.45, 2.75) is 33.2 Å². The summed E-state index contributed by atoms with van der Waals surface area (Å²) in [4.78, 5) is 10.8. The van der Waals surface area contributed by atoms with Gasteiger partial charge >= 0.3 is 0 Å². The van der Waals surface area contributed by atoms with Gasteiger partial charge in [-0.3, -0.25) is 0 Å². The largest absolute Gasteiger partial charge is 0.369 e. The first kappa shape index (κ1) is 13.2. The number of nitrogens with one attached hydrogen (secondary N) is 1. The first-order valence-corrected chi connectivity index (χ1v) is 5.74.